The standard InChI is InChI=1S/C14H26N2O2/c1-10(2)9-16(11-4-5-11)12-6-7-14(15,8-12)13(17)18-3/h10-12H,4-9,15H2,1-3H3. The van der Waals surface area contributed by atoms with Crippen LogP contribution in [0.25, 0.3) is 0 Å². The van der Waals surface area contributed by atoms with Crippen LogP contribution in [0, 0.1) is 5.92 Å². The molecule has 0 aliphatic heterocycles. The van der Waals surface area contributed by atoms with E-state index in [9.17, 15) is 4.79 Å². The van der Waals surface area contributed by atoms with Gasteiger partial charge in [0.25, 0.3) is 0 Å². The fourth-order valence-corrected chi connectivity index (χ4v) is 3.14. The Morgan fingerprint density at radius 3 is 2.56 bits per heavy atom. The molecule has 0 aromatic carbocycles. The van der Waals surface area contributed by atoms with Crippen molar-refractivity contribution in [2.24, 2.45) is 11.7 Å². The zero-order valence-electron chi connectivity index (χ0n) is 11.8. The number of carbonyl (C=O) groups excluding carboxylic acids is 1. The first-order valence-corrected chi connectivity index (χ1v) is 7.09. The largest absolute Gasteiger partial charge is 0.468 e. The van der Waals surface area contributed by atoms with Crippen LogP contribution in [0.2, 0.25) is 0 Å². The van der Waals surface area contributed by atoms with Crippen molar-refractivity contribution in [2.45, 2.75) is 63.6 Å². The zero-order chi connectivity index (χ0) is 13.3. The molecule has 2 saturated carbocycles. The molecule has 4 heteroatoms. The first-order chi connectivity index (χ1) is 8.46. The molecule has 104 valence electrons. The molecule has 2 unspecified atom stereocenters. The molecule has 2 aliphatic rings. The molecule has 0 bridgehead atoms. The molecule has 18 heavy (non-hydrogen) atoms. The minimum absolute atomic E-state index is 0.245. The highest BCUT2D eigenvalue weighted by Crippen LogP contribution is 2.38. The number of esters is 1. The lowest BCUT2D eigenvalue weighted by molar-refractivity contribution is -0.147. The maximum atomic E-state index is 11.7. The van der Waals surface area contributed by atoms with Crippen LogP contribution in [0.5, 0.6) is 0 Å². The van der Waals surface area contributed by atoms with E-state index in [0.717, 1.165) is 31.8 Å². The third-order valence-electron chi connectivity index (χ3n) is 4.18. The van der Waals surface area contributed by atoms with Gasteiger partial charge in [0, 0.05) is 18.6 Å². The van der Waals surface area contributed by atoms with E-state index >= 15 is 0 Å². The number of ether oxygens (including phenoxy) is 1. The molecule has 0 heterocycles. The number of carbonyl (C=O) groups is 1. The Morgan fingerprint density at radius 1 is 1.39 bits per heavy atom. The van der Waals surface area contributed by atoms with Crippen LogP contribution in [-0.2, 0) is 9.53 Å². The van der Waals surface area contributed by atoms with Gasteiger partial charge >= 0.3 is 5.97 Å². The van der Waals surface area contributed by atoms with Crippen molar-refractivity contribution in [3.63, 3.8) is 0 Å². The summed E-state index contributed by atoms with van der Waals surface area (Å²) in [6, 6.07) is 1.20. The van der Waals surface area contributed by atoms with E-state index in [2.05, 4.69) is 18.7 Å². The molecule has 0 amide bonds. The van der Waals surface area contributed by atoms with Crippen molar-refractivity contribution in [2.75, 3.05) is 13.7 Å². The van der Waals surface area contributed by atoms with Crippen LogP contribution in [-0.4, -0.2) is 42.1 Å². The smallest absolute Gasteiger partial charge is 0.325 e. The van der Waals surface area contributed by atoms with Gasteiger partial charge in [-0.05, 0) is 38.0 Å². The lowest BCUT2D eigenvalue weighted by Crippen LogP contribution is -2.48. The summed E-state index contributed by atoms with van der Waals surface area (Å²) in [5.41, 5.74) is 5.44. The fourth-order valence-electron chi connectivity index (χ4n) is 3.14. The normalized spacial score (nSPS) is 32.2. The number of rotatable bonds is 5. The second-order valence-electron chi connectivity index (χ2n) is 6.37. The Labute approximate surface area is 110 Å². The predicted molar refractivity (Wildman–Crippen MR) is 71.1 cm³/mol. The molecule has 2 atom stereocenters. The van der Waals surface area contributed by atoms with E-state index in [1.807, 2.05) is 0 Å². The fraction of sp³-hybridized carbons (Fsp3) is 0.929. The van der Waals surface area contributed by atoms with E-state index in [1.54, 1.807) is 0 Å². The SMILES string of the molecule is COC(=O)C1(N)CCC(N(CC(C)C)C2CC2)C1. The van der Waals surface area contributed by atoms with Crippen LogP contribution in [0.15, 0.2) is 0 Å². The molecule has 2 rings (SSSR count). The summed E-state index contributed by atoms with van der Waals surface area (Å²) < 4.78 is 4.84. The van der Waals surface area contributed by atoms with Crippen LogP contribution in [0.4, 0.5) is 0 Å². The third-order valence-corrected chi connectivity index (χ3v) is 4.18. The van der Waals surface area contributed by atoms with Gasteiger partial charge in [-0.3, -0.25) is 9.69 Å². The van der Waals surface area contributed by atoms with E-state index in [0.29, 0.717) is 12.0 Å². The van der Waals surface area contributed by atoms with Gasteiger partial charge in [-0.1, -0.05) is 13.8 Å². The van der Waals surface area contributed by atoms with Crippen LogP contribution in [0.3, 0.4) is 0 Å². The van der Waals surface area contributed by atoms with Gasteiger partial charge in [0.2, 0.25) is 0 Å². The number of hydrogen-bond acceptors (Lipinski definition) is 4. The third kappa shape index (κ3) is 2.86. The zero-order valence-corrected chi connectivity index (χ0v) is 11.8. The predicted octanol–water partition coefficient (Wildman–Crippen LogP) is 1.53. The molecule has 0 saturated heterocycles. The first-order valence-electron chi connectivity index (χ1n) is 7.09. The molecule has 0 radical (unpaired) electrons. The van der Waals surface area contributed by atoms with Gasteiger partial charge in [0.1, 0.15) is 5.54 Å². The quantitative estimate of drug-likeness (QED) is 0.756. The van der Waals surface area contributed by atoms with Gasteiger partial charge in [-0.25, -0.2) is 0 Å². The second kappa shape index (κ2) is 5.17. The Bertz CT molecular complexity index is 315. The number of hydrogen-bond donors (Lipinski definition) is 1. The highest BCUT2D eigenvalue weighted by Gasteiger charge is 2.47. The van der Waals surface area contributed by atoms with E-state index in [1.165, 1.54) is 20.0 Å². The van der Waals surface area contributed by atoms with Gasteiger partial charge in [-0.2, -0.15) is 0 Å². The maximum absolute atomic E-state index is 11.7. The summed E-state index contributed by atoms with van der Waals surface area (Å²) in [5.74, 6) is 0.418. The maximum Gasteiger partial charge on any atom is 0.325 e. The molecule has 0 aromatic heterocycles. The van der Waals surface area contributed by atoms with Gasteiger partial charge in [0.05, 0.1) is 7.11 Å². The highest BCUT2D eigenvalue weighted by molar-refractivity contribution is 5.81. The van der Waals surface area contributed by atoms with Crippen LogP contribution >= 0.6 is 0 Å². The Morgan fingerprint density at radius 2 is 2.06 bits per heavy atom. The van der Waals surface area contributed by atoms with E-state index in [-0.39, 0.29) is 5.97 Å². The van der Waals surface area contributed by atoms with Crippen molar-refractivity contribution < 1.29 is 9.53 Å². The topological polar surface area (TPSA) is 55.6 Å². The molecule has 2 fully saturated rings. The molecular formula is C14H26N2O2. The molecule has 2 N–H and O–H groups in total. The molecule has 0 spiro atoms. The Balaban J connectivity index is 1.99. The summed E-state index contributed by atoms with van der Waals surface area (Å²) in [5, 5.41) is 0. The average Bonchev–Trinajstić information content (AvgIpc) is 3.08. The van der Waals surface area contributed by atoms with Crippen LogP contribution < -0.4 is 5.73 Å². The van der Waals surface area contributed by atoms with E-state index in [4.69, 9.17) is 10.5 Å². The summed E-state index contributed by atoms with van der Waals surface area (Å²) in [7, 11) is 1.43. The number of nitrogens with two attached hydrogens (primary N) is 1. The Hall–Kier alpha value is -0.610. The van der Waals surface area contributed by atoms with Gasteiger partial charge < -0.3 is 10.5 Å². The first kappa shape index (κ1) is 13.8. The monoisotopic (exact) mass is 254 g/mol. The summed E-state index contributed by atoms with van der Waals surface area (Å²) in [6.07, 6.45) is 5.14. The summed E-state index contributed by atoms with van der Waals surface area (Å²) in [6.45, 7) is 5.62. The van der Waals surface area contributed by atoms with Crippen molar-refractivity contribution in [3.05, 3.63) is 0 Å². The summed E-state index contributed by atoms with van der Waals surface area (Å²) >= 11 is 0. The van der Waals surface area contributed by atoms with Gasteiger partial charge in [0.15, 0.2) is 0 Å². The van der Waals surface area contributed by atoms with Crippen molar-refractivity contribution >= 4 is 5.97 Å². The van der Waals surface area contributed by atoms with E-state index < -0.39 is 5.54 Å². The van der Waals surface area contributed by atoms with Crippen molar-refractivity contribution in [3.8, 4) is 0 Å². The lowest BCUT2D eigenvalue weighted by atomic mass is 9.99. The minimum atomic E-state index is -0.746. The van der Waals surface area contributed by atoms with Gasteiger partial charge in [-0.15, -0.1) is 0 Å². The average molecular weight is 254 g/mol. The Kier molecular flexibility index (Phi) is 3.97. The minimum Gasteiger partial charge on any atom is -0.468 e. The molecule has 4 nitrogen and oxygen atoms in total. The molecular weight excluding hydrogens is 228 g/mol. The van der Waals surface area contributed by atoms with Crippen LogP contribution in [0.1, 0.15) is 46.0 Å². The lowest BCUT2D eigenvalue weighted by Gasteiger charge is -2.31. The van der Waals surface area contributed by atoms with Crippen molar-refractivity contribution in [1.82, 2.24) is 4.90 Å². The molecule has 0 aromatic rings. The summed E-state index contributed by atoms with van der Waals surface area (Å²) in [4.78, 5) is 14.3. The second-order valence-corrected chi connectivity index (χ2v) is 6.37. The number of methoxy groups -OCH3 is 1. The van der Waals surface area contributed by atoms with Crippen molar-refractivity contribution in [1.29, 1.82) is 0 Å². The highest BCUT2D eigenvalue weighted by atomic mass is 16.5. The number of nitrogens with zero attached hydrogens (tertiary/aromatic N) is 1. The molecule has 2 aliphatic carbocycles.